The van der Waals surface area contributed by atoms with E-state index in [1.165, 1.54) is 0 Å². The molecule has 3 rings (SSSR count). The molecule has 0 spiro atoms. The maximum Gasteiger partial charge on any atom is 0.248 e. The van der Waals surface area contributed by atoms with Gasteiger partial charge < -0.3 is 15.0 Å². The predicted molar refractivity (Wildman–Crippen MR) is 87.8 cm³/mol. The summed E-state index contributed by atoms with van der Waals surface area (Å²) in [6.07, 6.45) is 1.79. The van der Waals surface area contributed by atoms with Gasteiger partial charge in [0.25, 0.3) is 0 Å². The number of ether oxygens (including phenoxy) is 1. The third-order valence-corrected chi connectivity index (χ3v) is 3.95. The van der Waals surface area contributed by atoms with Crippen molar-refractivity contribution in [2.45, 2.75) is 6.92 Å². The molecule has 5 nitrogen and oxygen atoms in total. The summed E-state index contributed by atoms with van der Waals surface area (Å²) >= 11 is 0. The second-order valence-electron chi connectivity index (χ2n) is 5.22. The van der Waals surface area contributed by atoms with E-state index in [1.807, 2.05) is 23.6 Å². The second-order valence-corrected chi connectivity index (χ2v) is 5.22. The van der Waals surface area contributed by atoms with Gasteiger partial charge in [-0.05, 0) is 43.3 Å². The Morgan fingerprint density at radius 3 is 2.48 bits per heavy atom. The monoisotopic (exact) mass is 305 g/mol. The summed E-state index contributed by atoms with van der Waals surface area (Å²) in [6, 6.07) is 13.0. The third kappa shape index (κ3) is 2.30. The molecule has 0 radical (unpaired) electrons. The van der Waals surface area contributed by atoms with Gasteiger partial charge in [0.1, 0.15) is 11.8 Å². The normalized spacial score (nSPS) is 10.5. The highest BCUT2D eigenvalue weighted by atomic mass is 16.5. The Kier molecular flexibility index (Phi) is 3.51. The zero-order chi connectivity index (χ0) is 16.6. The number of aryl methyl sites for hydroxylation is 1. The number of nitrogens with two attached hydrogens (primary N) is 1. The predicted octanol–water partition coefficient (Wildman–Crippen LogP) is 2.92. The van der Waals surface area contributed by atoms with Crippen molar-refractivity contribution in [2.24, 2.45) is 5.73 Å². The standard InChI is InChI=1S/C18H15N3O2/c1-11-16(23-2)8-7-15-17(11)13(9-19)10-21(15)14-5-3-12(4-6-14)18(20)22/h3-8,10H,1-2H3,(H2,20,22). The number of methoxy groups -OCH3 is 1. The lowest BCUT2D eigenvalue weighted by Gasteiger charge is -2.09. The molecule has 2 aromatic carbocycles. The van der Waals surface area contributed by atoms with Crippen molar-refractivity contribution in [3.05, 3.63) is 59.3 Å². The fourth-order valence-corrected chi connectivity index (χ4v) is 2.79. The van der Waals surface area contributed by atoms with Crippen LogP contribution in [-0.2, 0) is 0 Å². The fraction of sp³-hybridized carbons (Fsp3) is 0.111. The maximum atomic E-state index is 11.2. The maximum absolute atomic E-state index is 11.2. The Labute approximate surface area is 133 Å². The first-order chi connectivity index (χ1) is 11.1. The highest BCUT2D eigenvalue weighted by Gasteiger charge is 2.14. The first-order valence-corrected chi connectivity index (χ1v) is 7.05. The Bertz CT molecular complexity index is 947. The lowest BCUT2D eigenvalue weighted by atomic mass is 10.1. The van der Waals surface area contributed by atoms with Crippen molar-refractivity contribution < 1.29 is 9.53 Å². The number of hydrogen-bond acceptors (Lipinski definition) is 3. The number of aromatic nitrogens is 1. The molecule has 3 aromatic rings. The van der Waals surface area contributed by atoms with Crippen molar-refractivity contribution in [3.8, 4) is 17.5 Å². The van der Waals surface area contributed by atoms with Crippen LogP contribution in [0.2, 0.25) is 0 Å². The summed E-state index contributed by atoms with van der Waals surface area (Å²) in [5.74, 6) is 0.281. The number of carbonyl (C=O) groups excluding carboxylic acids is 1. The van der Waals surface area contributed by atoms with Crippen LogP contribution in [0.25, 0.3) is 16.6 Å². The van der Waals surface area contributed by atoms with E-state index in [9.17, 15) is 10.1 Å². The van der Waals surface area contributed by atoms with Crippen LogP contribution in [0, 0.1) is 18.3 Å². The van der Waals surface area contributed by atoms with Crippen LogP contribution in [0.1, 0.15) is 21.5 Å². The van der Waals surface area contributed by atoms with Gasteiger partial charge in [-0.1, -0.05) is 0 Å². The number of rotatable bonds is 3. The molecule has 1 amide bonds. The van der Waals surface area contributed by atoms with E-state index in [0.29, 0.717) is 11.1 Å². The molecule has 2 N–H and O–H groups in total. The second kappa shape index (κ2) is 5.50. The molecule has 1 aromatic heterocycles. The van der Waals surface area contributed by atoms with Gasteiger partial charge in [-0.3, -0.25) is 4.79 Å². The zero-order valence-electron chi connectivity index (χ0n) is 12.8. The van der Waals surface area contributed by atoms with Gasteiger partial charge in [0, 0.05) is 28.4 Å². The third-order valence-electron chi connectivity index (χ3n) is 3.95. The summed E-state index contributed by atoms with van der Waals surface area (Å²) in [5.41, 5.74) is 8.98. The van der Waals surface area contributed by atoms with Gasteiger partial charge in [-0.15, -0.1) is 0 Å². The van der Waals surface area contributed by atoms with Gasteiger partial charge in [-0.2, -0.15) is 5.26 Å². The van der Waals surface area contributed by atoms with Crippen LogP contribution < -0.4 is 10.5 Å². The molecular formula is C18H15N3O2. The average Bonchev–Trinajstić information content (AvgIpc) is 2.95. The van der Waals surface area contributed by atoms with Crippen LogP contribution in [-0.4, -0.2) is 17.6 Å². The van der Waals surface area contributed by atoms with Crippen molar-refractivity contribution in [3.63, 3.8) is 0 Å². The lowest BCUT2D eigenvalue weighted by Crippen LogP contribution is -2.10. The molecule has 1 heterocycles. The highest BCUT2D eigenvalue weighted by Crippen LogP contribution is 2.32. The number of nitriles is 1. The SMILES string of the molecule is COc1ccc2c(c(C#N)cn2-c2ccc(C(N)=O)cc2)c1C. The van der Waals surface area contributed by atoms with E-state index in [0.717, 1.165) is 27.9 Å². The van der Waals surface area contributed by atoms with Crippen LogP contribution in [0.3, 0.4) is 0 Å². The number of fused-ring (bicyclic) bond motifs is 1. The fourth-order valence-electron chi connectivity index (χ4n) is 2.79. The van der Waals surface area contributed by atoms with E-state index in [-0.39, 0.29) is 0 Å². The summed E-state index contributed by atoms with van der Waals surface area (Å²) in [7, 11) is 1.61. The molecular weight excluding hydrogens is 290 g/mol. The molecule has 0 unspecified atom stereocenters. The molecule has 23 heavy (non-hydrogen) atoms. The van der Waals surface area contributed by atoms with Gasteiger partial charge >= 0.3 is 0 Å². The minimum Gasteiger partial charge on any atom is -0.496 e. The van der Waals surface area contributed by atoms with E-state index in [2.05, 4.69) is 6.07 Å². The smallest absolute Gasteiger partial charge is 0.248 e. The Hall–Kier alpha value is -3.26. The largest absolute Gasteiger partial charge is 0.496 e. The van der Waals surface area contributed by atoms with Crippen molar-refractivity contribution in [1.82, 2.24) is 4.57 Å². The van der Waals surface area contributed by atoms with Crippen molar-refractivity contribution in [1.29, 1.82) is 5.26 Å². The minimum atomic E-state index is -0.466. The number of hydrogen-bond donors (Lipinski definition) is 1. The van der Waals surface area contributed by atoms with Gasteiger partial charge in [0.2, 0.25) is 5.91 Å². The molecule has 0 aliphatic heterocycles. The molecule has 0 aliphatic carbocycles. The zero-order valence-corrected chi connectivity index (χ0v) is 12.8. The lowest BCUT2D eigenvalue weighted by molar-refractivity contribution is 0.100. The Balaban J connectivity index is 2.25. The van der Waals surface area contributed by atoms with Gasteiger partial charge in [0.15, 0.2) is 0 Å². The molecule has 5 heteroatoms. The molecule has 0 fully saturated rings. The summed E-state index contributed by atoms with van der Waals surface area (Å²) in [6.45, 7) is 1.93. The summed E-state index contributed by atoms with van der Waals surface area (Å²) in [5, 5.41) is 10.3. The van der Waals surface area contributed by atoms with Crippen LogP contribution in [0.5, 0.6) is 5.75 Å². The molecule has 0 bridgehead atoms. The molecule has 0 saturated heterocycles. The van der Waals surface area contributed by atoms with Crippen molar-refractivity contribution in [2.75, 3.05) is 7.11 Å². The van der Waals surface area contributed by atoms with E-state index >= 15 is 0 Å². The molecule has 114 valence electrons. The molecule has 0 saturated carbocycles. The average molecular weight is 305 g/mol. The summed E-state index contributed by atoms with van der Waals surface area (Å²) in [4.78, 5) is 11.2. The summed E-state index contributed by atoms with van der Waals surface area (Å²) < 4.78 is 7.26. The Morgan fingerprint density at radius 1 is 1.22 bits per heavy atom. The van der Waals surface area contributed by atoms with Crippen LogP contribution in [0.4, 0.5) is 0 Å². The first-order valence-electron chi connectivity index (χ1n) is 7.05. The van der Waals surface area contributed by atoms with Gasteiger partial charge in [0.05, 0.1) is 18.2 Å². The van der Waals surface area contributed by atoms with E-state index in [4.69, 9.17) is 10.5 Å². The van der Waals surface area contributed by atoms with Crippen LogP contribution >= 0.6 is 0 Å². The van der Waals surface area contributed by atoms with Crippen LogP contribution in [0.15, 0.2) is 42.6 Å². The quantitative estimate of drug-likeness (QED) is 0.807. The van der Waals surface area contributed by atoms with E-state index < -0.39 is 5.91 Å². The highest BCUT2D eigenvalue weighted by molar-refractivity contribution is 5.94. The van der Waals surface area contributed by atoms with Gasteiger partial charge in [-0.25, -0.2) is 0 Å². The van der Waals surface area contributed by atoms with E-state index in [1.54, 1.807) is 37.6 Å². The number of amides is 1. The topological polar surface area (TPSA) is 81.0 Å². The number of nitrogens with zero attached hydrogens (tertiary/aromatic N) is 2. The minimum absolute atomic E-state index is 0.448. The van der Waals surface area contributed by atoms with Crippen molar-refractivity contribution >= 4 is 16.8 Å². The number of primary amides is 1. The number of carbonyl (C=O) groups is 1. The molecule has 0 aliphatic rings. The Morgan fingerprint density at radius 2 is 1.91 bits per heavy atom. The first kappa shape index (κ1) is 14.7. The molecule has 0 atom stereocenters. The number of benzene rings is 2.